The lowest BCUT2D eigenvalue weighted by Gasteiger charge is -2.50. The van der Waals surface area contributed by atoms with Gasteiger partial charge in [0.1, 0.15) is 0 Å². The first-order valence-corrected chi connectivity index (χ1v) is 7.05. The number of rotatable bonds is 1. The molecular formula is C14H28N2O. The van der Waals surface area contributed by atoms with E-state index in [-0.39, 0.29) is 5.41 Å². The van der Waals surface area contributed by atoms with Crippen LogP contribution in [0.2, 0.25) is 0 Å². The average Bonchev–Trinajstić information content (AvgIpc) is 2.26. The summed E-state index contributed by atoms with van der Waals surface area (Å²) >= 11 is 0. The first kappa shape index (κ1) is 13.3. The van der Waals surface area contributed by atoms with E-state index in [0.717, 1.165) is 13.2 Å². The van der Waals surface area contributed by atoms with E-state index in [4.69, 9.17) is 10.5 Å². The molecule has 0 aromatic carbocycles. The third kappa shape index (κ3) is 2.67. The molecule has 2 N–H and O–H groups in total. The van der Waals surface area contributed by atoms with Gasteiger partial charge < -0.3 is 10.5 Å². The lowest BCUT2D eigenvalue weighted by molar-refractivity contribution is -0.0832. The van der Waals surface area contributed by atoms with Crippen molar-refractivity contribution in [2.45, 2.75) is 71.2 Å². The van der Waals surface area contributed by atoms with Gasteiger partial charge in [-0.2, -0.15) is 0 Å². The molecule has 3 heteroatoms. The van der Waals surface area contributed by atoms with Crippen molar-refractivity contribution < 1.29 is 4.74 Å². The summed E-state index contributed by atoms with van der Waals surface area (Å²) in [5.41, 5.74) is 6.79. The largest absolute Gasteiger partial charge is 0.376 e. The van der Waals surface area contributed by atoms with Crippen LogP contribution in [-0.2, 0) is 4.74 Å². The van der Waals surface area contributed by atoms with Gasteiger partial charge in [-0.05, 0) is 32.1 Å². The molecule has 1 saturated heterocycles. The summed E-state index contributed by atoms with van der Waals surface area (Å²) in [7, 11) is 0. The maximum atomic E-state index is 6.51. The van der Waals surface area contributed by atoms with E-state index in [9.17, 15) is 0 Å². The summed E-state index contributed by atoms with van der Waals surface area (Å²) in [6.07, 6.45) is 4.17. The molecule has 1 saturated carbocycles. The second kappa shape index (κ2) is 4.87. The Labute approximate surface area is 106 Å². The molecule has 0 amide bonds. The van der Waals surface area contributed by atoms with Gasteiger partial charge in [0.15, 0.2) is 0 Å². The zero-order valence-electron chi connectivity index (χ0n) is 11.8. The van der Waals surface area contributed by atoms with E-state index in [1.54, 1.807) is 0 Å². The maximum absolute atomic E-state index is 6.51. The van der Waals surface area contributed by atoms with Gasteiger partial charge in [-0.3, -0.25) is 4.90 Å². The number of morpholine rings is 1. The topological polar surface area (TPSA) is 38.5 Å². The molecule has 1 heterocycles. The minimum atomic E-state index is 0.282. The van der Waals surface area contributed by atoms with Crippen LogP contribution >= 0.6 is 0 Å². The van der Waals surface area contributed by atoms with Crippen molar-refractivity contribution in [3.05, 3.63) is 0 Å². The molecule has 3 nitrogen and oxygen atoms in total. The zero-order valence-corrected chi connectivity index (χ0v) is 11.8. The minimum absolute atomic E-state index is 0.282. The zero-order chi connectivity index (χ0) is 12.6. The van der Waals surface area contributed by atoms with Crippen LogP contribution in [0.25, 0.3) is 0 Å². The second-order valence-electron chi connectivity index (χ2n) is 6.66. The van der Waals surface area contributed by atoms with Gasteiger partial charge in [-0.15, -0.1) is 0 Å². The lowest BCUT2D eigenvalue weighted by Crippen LogP contribution is -2.62. The highest BCUT2D eigenvalue weighted by Crippen LogP contribution is 2.37. The van der Waals surface area contributed by atoms with Crippen molar-refractivity contribution in [3.63, 3.8) is 0 Å². The predicted octanol–water partition coefficient (Wildman–Crippen LogP) is 2.00. The van der Waals surface area contributed by atoms with Gasteiger partial charge in [0.05, 0.1) is 12.7 Å². The van der Waals surface area contributed by atoms with E-state index in [2.05, 4.69) is 32.6 Å². The Balaban J connectivity index is 2.09. The number of hydrogen-bond donors (Lipinski definition) is 1. The van der Waals surface area contributed by atoms with Crippen LogP contribution in [0.15, 0.2) is 0 Å². The Hall–Kier alpha value is -0.120. The van der Waals surface area contributed by atoms with Crippen molar-refractivity contribution >= 4 is 0 Å². The number of nitrogens with zero attached hydrogens (tertiary/aromatic N) is 1. The summed E-state index contributed by atoms with van der Waals surface area (Å²) in [5, 5.41) is 0. The molecule has 0 spiro atoms. The molecular weight excluding hydrogens is 212 g/mol. The summed E-state index contributed by atoms with van der Waals surface area (Å²) in [6, 6.07) is 1.35. The number of hydrogen-bond acceptors (Lipinski definition) is 3. The van der Waals surface area contributed by atoms with Crippen LogP contribution in [0.1, 0.15) is 47.0 Å². The molecule has 4 atom stereocenters. The van der Waals surface area contributed by atoms with Crippen LogP contribution < -0.4 is 5.73 Å². The average molecular weight is 240 g/mol. The molecule has 2 fully saturated rings. The van der Waals surface area contributed by atoms with Crippen molar-refractivity contribution in [3.8, 4) is 0 Å². The molecule has 0 aromatic heterocycles. The number of ether oxygens (including phenoxy) is 1. The van der Waals surface area contributed by atoms with Gasteiger partial charge in [-0.25, -0.2) is 0 Å². The van der Waals surface area contributed by atoms with Crippen molar-refractivity contribution in [2.75, 3.05) is 13.2 Å². The molecule has 1 aliphatic carbocycles. The minimum Gasteiger partial charge on any atom is -0.376 e. The van der Waals surface area contributed by atoms with E-state index >= 15 is 0 Å². The normalized spacial score (nSPS) is 43.6. The quantitative estimate of drug-likeness (QED) is 0.762. The highest BCUT2D eigenvalue weighted by molar-refractivity contribution is 4.98. The highest BCUT2D eigenvalue weighted by atomic mass is 16.5. The molecule has 0 radical (unpaired) electrons. The second-order valence-corrected chi connectivity index (χ2v) is 6.66. The van der Waals surface area contributed by atoms with E-state index < -0.39 is 0 Å². The van der Waals surface area contributed by atoms with E-state index in [0.29, 0.717) is 24.2 Å². The summed E-state index contributed by atoms with van der Waals surface area (Å²) in [6.45, 7) is 11.0. The third-order valence-electron chi connectivity index (χ3n) is 4.72. The van der Waals surface area contributed by atoms with Gasteiger partial charge >= 0.3 is 0 Å². The van der Waals surface area contributed by atoms with Crippen LogP contribution in [-0.4, -0.2) is 42.3 Å². The summed E-state index contributed by atoms with van der Waals surface area (Å²) in [5.74, 6) is 0. The van der Waals surface area contributed by atoms with Crippen molar-refractivity contribution in [1.29, 1.82) is 0 Å². The molecule has 2 aliphatic rings. The highest BCUT2D eigenvalue weighted by Gasteiger charge is 2.41. The Morgan fingerprint density at radius 1 is 1.29 bits per heavy atom. The van der Waals surface area contributed by atoms with Crippen LogP contribution in [0.5, 0.6) is 0 Å². The van der Waals surface area contributed by atoms with Crippen molar-refractivity contribution in [1.82, 2.24) is 4.90 Å². The first-order chi connectivity index (χ1) is 7.92. The molecule has 100 valence electrons. The molecule has 17 heavy (non-hydrogen) atoms. The van der Waals surface area contributed by atoms with Crippen LogP contribution in [0.3, 0.4) is 0 Å². The maximum Gasteiger partial charge on any atom is 0.0674 e. The molecule has 2 rings (SSSR count). The lowest BCUT2D eigenvalue weighted by atomic mass is 9.70. The van der Waals surface area contributed by atoms with Crippen LogP contribution in [0, 0.1) is 5.41 Å². The van der Waals surface area contributed by atoms with Gasteiger partial charge in [0, 0.05) is 24.7 Å². The smallest absolute Gasteiger partial charge is 0.0674 e. The summed E-state index contributed by atoms with van der Waals surface area (Å²) < 4.78 is 5.72. The van der Waals surface area contributed by atoms with Crippen LogP contribution in [0.4, 0.5) is 0 Å². The Bertz CT molecular complexity index is 267. The molecule has 0 aromatic rings. The fraction of sp³-hybridized carbons (Fsp3) is 1.00. The van der Waals surface area contributed by atoms with E-state index in [1.807, 2.05) is 0 Å². The van der Waals surface area contributed by atoms with Gasteiger partial charge in [-0.1, -0.05) is 20.3 Å². The predicted molar refractivity (Wildman–Crippen MR) is 71.0 cm³/mol. The Morgan fingerprint density at radius 3 is 2.71 bits per heavy atom. The van der Waals surface area contributed by atoms with Gasteiger partial charge in [0.25, 0.3) is 0 Å². The Morgan fingerprint density at radius 2 is 2.00 bits per heavy atom. The molecule has 4 unspecified atom stereocenters. The molecule has 1 aliphatic heterocycles. The third-order valence-corrected chi connectivity index (χ3v) is 4.72. The molecule has 0 bridgehead atoms. The number of nitrogens with two attached hydrogens (primary N) is 1. The van der Waals surface area contributed by atoms with Crippen molar-refractivity contribution in [2.24, 2.45) is 11.1 Å². The fourth-order valence-electron chi connectivity index (χ4n) is 3.40. The summed E-state index contributed by atoms with van der Waals surface area (Å²) in [4.78, 5) is 2.60. The Kier molecular flexibility index (Phi) is 3.81. The monoisotopic (exact) mass is 240 g/mol. The first-order valence-electron chi connectivity index (χ1n) is 7.05. The standard InChI is InChI=1S/C14H28N2O/c1-10-9-17-11(2)8-16(10)12-6-5-7-14(3,4)13(12)15/h10-13H,5-9,15H2,1-4H3. The van der Waals surface area contributed by atoms with Gasteiger partial charge in [0.2, 0.25) is 0 Å². The van der Waals surface area contributed by atoms with E-state index in [1.165, 1.54) is 19.3 Å². The SMILES string of the molecule is CC1CN(C2CCCC(C)(C)C2N)C(C)CO1. The fourth-order valence-corrected chi connectivity index (χ4v) is 3.40.